The molecule has 3 rings (SSSR count). The lowest BCUT2D eigenvalue weighted by Crippen LogP contribution is -2.34. The van der Waals surface area contributed by atoms with E-state index in [1.165, 1.54) is 32.1 Å². The van der Waals surface area contributed by atoms with Gasteiger partial charge in [0.25, 0.3) is 5.91 Å². The van der Waals surface area contributed by atoms with Gasteiger partial charge in [0.15, 0.2) is 0 Å². The molecule has 1 aromatic carbocycles. The monoisotopic (exact) mass is 555 g/mol. The summed E-state index contributed by atoms with van der Waals surface area (Å²) in [4.78, 5) is 22.9. The van der Waals surface area contributed by atoms with Crippen LogP contribution in [-0.4, -0.2) is 65.0 Å². The molecule has 0 atom stereocenters. The van der Waals surface area contributed by atoms with Gasteiger partial charge in [-0.3, -0.25) is 4.79 Å². The summed E-state index contributed by atoms with van der Waals surface area (Å²) >= 11 is 0. The van der Waals surface area contributed by atoms with Gasteiger partial charge >= 0.3 is 0 Å². The quantitative estimate of drug-likeness (QED) is 0.286. The maximum atomic E-state index is 13.6. The van der Waals surface area contributed by atoms with Crippen LogP contribution >= 0.6 is 24.8 Å². The Labute approximate surface area is 237 Å². The van der Waals surface area contributed by atoms with Crippen molar-refractivity contribution in [1.82, 2.24) is 19.4 Å². The molecule has 1 fully saturated rings. The summed E-state index contributed by atoms with van der Waals surface area (Å²) in [6.45, 7) is 12.5. The first-order chi connectivity index (χ1) is 16.7. The highest BCUT2D eigenvalue weighted by Crippen LogP contribution is 2.26. The Kier molecular flexibility index (Phi) is 14.9. The highest BCUT2D eigenvalue weighted by Gasteiger charge is 2.21. The van der Waals surface area contributed by atoms with E-state index in [1.54, 1.807) is 0 Å². The fourth-order valence-corrected chi connectivity index (χ4v) is 4.89. The molecular formula is C29H51Cl2N5O. The molecule has 8 heteroatoms. The molecule has 1 N–H and O–H groups in total. The van der Waals surface area contributed by atoms with Crippen LogP contribution in [0.3, 0.4) is 0 Å². The number of nitrogens with zero attached hydrogens (tertiary/aromatic N) is 4. The molecule has 2 aromatic rings. The van der Waals surface area contributed by atoms with Gasteiger partial charge in [-0.05, 0) is 82.8 Å². The number of hydrogen-bond donors (Lipinski definition) is 1. The SMILES string of the molecule is CC(C)CCN(CCC(C)C)C(=O)c1ccc2nc(NC3CCCCC3)n(CCCN(C)C)c2c1.Cl.Cl. The number of carbonyl (C=O) groups excluding carboxylic acids is 1. The molecule has 1 saturated carbocycles. The number of aryl methyl sites for hydroxylation is 1. The maximum absolute atomic E-state index is 13.6. The van der Waals surface area contributed by atoms with E-state index in [0.717, 1.165) is 68.0 Å². The first-order valence-corrected chi connectivity index (χ1v) is 14.0. The van der Waals surface area contributed by atoms with Gasteiger partial charge in [-0.1, -0.05) is 47.0 Å². The van der Waals surface area contributed by atoms with Crippen LogP contribution in [0, 0.1) is 11.8 Å². The third-order valence-corrected chi connectivity index (χ3v) is 7.16. The molecule has 1 aliphatic carbocycles. The first-order valence-electron chi connectivity index (χ1n) is 14.0. The summed E-state index contributed by atoms with van der Waals surface area (Å²) in [6.07, 6.45) is 9.46. The molecule has 0 spiro atoms. The lowest BCUT2D eigenvalue weighted by atomic mass is 9.96. The Morgan fingerprint density at radius 1 is 1.00 bits per heavy atom. The largest absolute Gasteiger partial charge is 0.353 e. The normalized spacial score (nSPS) is 14.2. The van der Waals surface area contributed by atoms with Crippen LogP contribution < -0.4 is 5.32 Å². The fraction of sp³-hybridized carbons (Fsp3) is 0.724. The average molecular weight is 557 g/mol. The molecule has 0 unspecified atom stereocenters. The number of fused-ring (bicyclic) bond motifs is 1. The van der Waals surface area contributed by atoms with E-state index in [0.29, 0.717) is 17.9 Å². The molecule has 1 heterocycles. The summed E-state index contributed by atoms with van der Waals surface area (Å²) in [5, 5.41) is 3.76. The fourth-order valence-electron chi connectivity index (χ4n) is 4.89. The number of benzene rings is 1. The van der Waals surface area contributed by atoms with Gasteiger partial charge in [-0.15, -0.1) is 24.8 Å². The lowest BCUT2D eigenvalue weighted by Gasteiger charge is -2.25. The summed E-state index contributed by atoms with van der Waals surface area (Å²) in [5.74, 6) is 2.28. The number of nitrogens with one attached hydrogen (secondary N) is 1. The van der Waals surface area contributed by atoms with E-state index in [4.69, 9.17) is 4.98 Å². The Balaban J connectivity index is 0.00000342. The minimum atomic E-state index is 0. The van der Waals surface area contributed by atoms with Gasteiger partial charge in [0.05, 0.1) is 11.0 Å². The number of hydrogen-bond acceptors (Lipinski definition) is 4. The van der Waals surface area contributed by atoms with E-state index >= 15 is 0 Å². The van der Waals surface area contributed by atoms with Gasteiger partial charge in [0.2, 0.25) is 5.95 Å². The zero-order chi connectivity index (χ0) is 25.4. The van der Waals surface area contributed by atoms with E-state index in [2.05, 4.69) is 67.5 Å². The Morgan fingerprint density at radius 2 is 1.62 bits per heavy atom. The van der Waals surface area contributed by atoms with Crippen molar-refractivity contribution in [2.24, 2.45) is 11.8 Å². The first kappa shape index (κ1) is 33.5. The Hall–Kier alpha value is -1.50. The van der Waals surface area contributed by atoms with Crippen molar-refractivity contribution < 1.29 is 4.79 Å². The molecule has 37 heavy (non-hydrogen) atoms. The van der Waals surface area contributed by atoms with Crippen molar-refractivity contribution in [2.45, 2.75) is 91.6 Å². The minimum absolute atomic E-state index is 0. The van der Waals surface area contributed by atoms with Crippen LogP contribution in [0.4, 0.5) is 5.95 Å². The summed E-state index contributed by atoms with van der Waals surface area (Å²) in [7, 11) is 4.24. The number of aromatic nitrogens is 2. The molecule has 0 radical (unpaired) electrons. The van der Waals surface area contributed by atoms with Crippen LogP contribution in [0.2, 0.25) is 0 Å². The predicted octanol–water partition coefficient (Wildman–Crippen LogP) is 7.11. The standard InChI is InChI=1S/C29H49N5O.2ClH/c1-22(2)15-19-33(20-16-23(3)4)28(35)24-13-14-26-27(21-24)34(18-10-17-32(5)6)29(31-26)30-25-11-8-7-9-12-25;;/h13-14,21-23,25H,7-12,15-20H2,1-6H3,(H,30,31);2*1H. The smallest absolute Gasteiger partial charge is 0.253 e. The Morgan fingerprint density at radius 3 is 2.19 bits per heavy atom. The molecule has 6 nitrogen and oxygen atoms in total. The van der Waals surface area contributed by atoms with Crippen molar-refractivity contribution in [3.8, 4) is 0 Å². The van der Waals surface area contributed by atoms with Crippen molar-refractivity contribution in [1.29, 1.82) is 0 Å². The average Bonchev–Trinajstić information content (AvgIpc) is 3.15. The highest BCUT2D eigenvalue weighted by atomic mass is 35.5. The second-order valence-corrected chi connectivity index (χ2v) is 11.6. The molecule has 0 saturated heterocycles. The molecule has 1 aromatic heterocycles. The van der Waals surface area contributed by atoms with Gasteiger partial charge in [0, 0.05) is 31.2 Å². The molecule has 0 aliphatic heterocycles. The summed E-state index contributed by atoms with van der Waals surface area (Å²) in [5.41, 5.74) is 2.82. The van der Waals surface area contributed by atoms with Crippen LogP contribution in [0.15, 0.2) is 18.2 Å². The number of halogens is 2. The van der Waals surface area contributed by atoms with Crippen LogP contribution in [0.1, 0.15) is 89.4 Å². The van der Waals surface area contributed by atoms with Crippen molar-refractivity contribution in [2.75, 3.05) is 39.0 Å². The third kappa shape index (κ3) is 10.3. The van der Waals surface area contributed by atoms with Crippen LogP contribution in [0.5, 0.6) is 0 Å². The number of carbonyl (C=O) groups is 1. The minimum Gasteiger partial charge on any atom is -0.353 e. The topological polar surface area (TPSA) is 53.4 Å². The van der Waals surface area contributed by atoms with Crippen LogP contribution in [0.25, 0.3) is 11.0 Å². The lowest BCUT2D eigenvalue weighted by molar-refractivity contribution is 0.0741. The predicted molar refractivity (Wildman–Crippen MR) is 163 cm³/mol. The molecule has 1 aliphatic rings. The molecule has 1 amide bonds. The van der Waals surface area contributed by atoms with E-state index in [-0.39, 0.29) is 30.7 Å². The summed E-state index contributed by atoms with van der Waals surface area (Å²) < 4.78 is 2.32. The van der Waals surface area contributed by atoms with Crippen molar-refractivity contribution in [3.63, 3.8) is 0 Å². The van der Waals surface area contributed by atoms with E-state index < -0.39 is 0 Å². The molecule has 0 bridgehead atoms. The summed E-state index contributed by atoms with van der Waals surface area (Å²) in [6, 6.07) is 6.60. The van der Waals surface area contributed by atoms with Crippen molar-refractivity contribution in [3.05, 3.63) is 23.8 Å². The van der Waals surface area contributed by atoms with E-state index in [9.17, 15) is 4.79 Å². The number of rotatable bonds is 13. The van der Waals surface area contributed by atoms with Gasteiger partial charge in [-0.2, -0.15) is 0 Å². The van der Waals surface area contributed by atoms with Gasteiger partial charge in [-0.25, -0.2) is 4.98 Å². The third-order valence-electron chi connectivity index (χ3n) is 7.16. The van der Waals surface area contributed by atoms with Crippen molar-refractivity contribution >= 4 is 47.7 Å². The number of imidazole rings is 1. The molecule has 212 valence electrons. The second-order valence-electron chi connectivity index (χ2n) is 11.6. The zero-order valence-electron chi connectivity index (χ0n) is 24.0. The van der Waals surface area contributed by atoms with Crippen LogP contribution in [-0.2, 0) is 6.54 Å². The highest BCUT2D eigenvalue weighted by molar-refractivity contribution is 5.97. The maximum Gasteiger partial charge on any atom is 0.253 e. The zero-order valence-corrected chi connectivity index (χ0v) is 25.6. The second kappa shape index (κ2) is 16.5. The number of anilines is 1. The molecular weight excluding hydrogens is 505 g/mol. The van der Waals surface area contributed by atoms with Gasteiger partial charge < -0.3 is 19.7 Å². The Bertz CT molecular complexity index is 926. The van der Waals surface area contributed by atoms with E-state index in [1.807, 2.05) is 12.1 Å². The van der Waals surface area contributed by atoms with Gasteiger partial charge in [0.1, 0.15) is 0 Å². The number of amides is 1.